The molecule has 2 aromatic rings. The average molecular weight is 364 g/mol. The molecule has 0 saturated carbocycles. The van der Waals surface area contributed by atoms with E-state index in [4.69, 9.17) is 0 Å². The number of anilines is 1. The van der Waals surface area contributed by atoms with Gasteiger partial charge in [0.2, 0.25) is 15.9 Å². The van der Waals surface area contributed by atoms with Crippen molar-refractivity contribution in [3.8, 4) is 0 Å². The molecule has 2 aromatic carbocycles. The molecular weight excluding hydrogens is 343 g/mol. The Kier molecular flexibility index (Phi) is 6.27. The van der Waals surface area contributed by atoms with Gasteiger partial charge in [0.05, 0.1) is 5.75 Å². The minimum Gasteiger partial charge on any atom is -0.326 e. The molecule has 2 N–H and O–H groups in total. The van der Waals surface area contributed by atoms with E-state index in [1.54, 1.807) is 0 Å². The van der Waals surface area contributed by atoms with Crippen LogP contribution in [0, 0.1) is 19.7 Å². The molecule has 0 bridgehead atoms. The molecule has 5 nitrogen and oxygen atoms in total. The third-order valence-electron chi connectivity index (χ3n) is 3.60. The molecule has 0 heterocycles. The van der Waals surface area contributed by atoms with Gasteiger partial charge in [0.1, 0.15) is 5.82 Å². The van der Waals surface area contributed by atoms with Crippen LogP contribution in [-0.2, 0) is 20.6 Å². The fourth-order valence-corrected chi connectivity index (χ4v) is 3.48. The fourth-order valence-electron chi connectivity index (χ4n) is 2.34. The van der Waals surface area contributed by atoms with Crippen LogP contribution in [0.15, 0.2) is 42.5 Å². The van der Waals surface area contributed by atoms with Gasteiger partial charge in [-0.05, 0) is 43.2 Å². The molecule has 7 heteroatoms. The van der Waals surface area contributed by atoms with Crippen molar-refractivity contribution in [3.63, 3.8) is 0 Å². The second kappa shape index (κ2) is 8.22. The van der Waals surface area contributed by atoms with Gasteiger partial charge in [0, 0.05) is 18.7 Å². The van der Waals surface area contributed by atoms with Gasteiger partial charge >= 0.3 is 0 Å². The molecule has 0 aliphatic carbocycles. The number of nitrogens with one attached hydrogen (secondary N) is 2. The zero-order chi connectivity index (χ0) is 18.4. The maximum atomic E-state index is 12.8. The predicted octanol–water partition coefficient (Wildman–Crippen LogP) is 2.89. The number of hydrogen-bond donors (Lipinski definition) is 2. The first-order valence-electron chi connectivity index (χ1n) is 7.84. The number of sulfonamides is 1. The molecule has 1 amide bonds. The fraction of sp³-hybridized carbons (Fsp3) is 0.278. The summed E-state index contributed by atoms with van der Waals surface area (Å²) in [5.74, 6) is -0.944. The van der Waals surface area contributed by atoms with Crippen molar-refractivity contribution in [2.75, 3.05) is 11.9 Å². The molecule has 0 aliphatic rings. The third-order valence-corrected chi connectivity index (χ3v) is 4.96. The topological polar surface area (TPSA) is 75.3 Å². The van der Waals surface area contributed by atoms with Crippen LogP contribution in [0.1, 0.15) is 23.1 Å². The van der Waals surface area contributed by atoms with E-state index in [-0.39, 0.29) is 24.6 Å². The van der Waals surface area contributed by atoms with Crippen LogP contribution in [0.5, 0.6) is 0 Å². The van der Waals surface area contributed by atoms with Crippen LogP contribution < -0.4 is 10.0 Å². The third kappa shape index (κ3) is 6.28. The summed E-state index contributed by atoms with van der Waals surface area (Å²) in [5, 5.41) is 2.76. The minimum absolute atomic E-state index is 0.000268. The first-order chi connectivity index (χ1) is 11.7. The zero-order valence-corrected chi connectivity index (χ0v) is 15.0. The Morgan fingerprint density at radius 1 is 1.08 bits per heavy atom. The summed E-state index contributed by atoms with van der Waals surface area (Å²) < 4.78 is 39.2. The molecule has 2 rings (SSSR count). The Labute approximate surface area is 147 Å². The Morgan fingerprint density at radius 2 is 1.76 bits per heavy atom. The maximum Gasteiger partial charge on any atom is 0.225 e. The quantitative estimate of drug-likeness (QED) is 0.793. The van der Waals surface area contributed by atoms with Gasteiger partial charge < -0.3 is 5.32 Å². The smallest absolute Gasteiger partial charge is 0.225 e. The number of hydrogen-bond acceptors (Lipinski definition) is 3. The Morgan fingerprint density at radius 3 is 2.40 bits per heavy atom. The number of carbonyl (C=O) groups is 1. The standard InChI is InChI=1S/C18H21FN2O3S/c1-13-3-8-17(14(2)11-13)21-18(22)9-10-20-25(23,24)12-15-4-6-16(19)7-5-15/h3-8,11,20H,9-10,12H2,1-2H3,(H,21,22). The van der Waals surface area contributed by atoms with E-state index in [0.29, 0.717) is 11.3 Å². The second-order valence-electron chi connectivity index (χ2n) is 5.90. The monoisotopic (exact) mass is 364 g/mol. The summed E-state index contributed by atoms with van der Waals surface area (Å²) in [4.78, 5) is 11.9. The van der Waals surface area contributed by atoms with E-state index in [1.807, 2.05) is 32.0 Å². The zero-order valence-electron chi connectivity index (χ0n) is 14.2. The molecule has 0 fully saturated rings. The van der Waals surface area contributed by atoms with Gasteiger partial charge in [-0.2, -0.15) is 0 Å². The van der Waals surface area contributed by atoms with Crippen molar-refractivity contribution in [2.45, 2.75) is 26.0 Å². The summed E-state index contributed by atoms with van der Waals surface area (Å²) in [6.07, 6.45) is 0.0238. The molecular formula is C18H21FN2O3S. The van der Waals surface area contributed by atoms with E-state index in [2.05, 4.69) is 10.0 Å². The molecule has 25 heavy (non-hydrogen) atoms. The molecule has 0 aromatic heterocycles. The van der Waals surface area contributed by atoms with Gasteiger partial charge in [0.25, 0.3) is 0 Å². The number of rotatable bonds is 7. The van der Waals surface area contributed by atoms with E-state index >= 15 is 0 Å². The Bertz CT molecular complexity index is 849. The largest absolute Gasteiger partial charge is 0.326 e. The van der Waals surface area contributed by atoms with Crippen LogP contribution in [0.3, 0.4) is 0 Å². The molecule has 0 atom stereocenters. The van der Waals surface area contributed by atoms with Gasteiger partial charge in [0.15, 0.2) is 0 Å². The summed E-state index contributed by atoms with van der Waals surface area (Å²) in [7, 11) is -3.58. The number of amides is 1. The highest BCUT2D eigenvalue weighted by molar-refractivity contribution is 7.88. The van der Waals surface area contributed by atoms with Crippen LogP contribution in [0.2, 0.25) is 0 Å². The molecule has 0 spiro atoms. The lowest BCUT2D eigenvalue weighted by molar-refractivity contribution is -0.116. The van der Waals surface area contributed by atoms with E-state index in [1.165, 1.54) is 24.3 Å². The highest BCUT2D eigenvalue weighted by Gasteiger charge is 2.12. The Hall–Kier alpha value is -2.25. The molecule has 0 radical (unpaired) electrons. The van der Waals surface area contributed by atoms with Crippen LogP contribution >= 0.6 is 0 Å². The summed E-state index contributed by atoms with van der Waals surface area (Å²) in [6, 6.07) is 10.9. The molecule has 0 aliphatic heterocycles. The molecule has 0 unspecified atom stereocenters. The summed E-state index contributed by atoms with van der Waals surface area (Å²) in [5.41, 5.74) is 3.24. The van der Waals surface area contributed by atoms with Gasteiger partial charge in [-0.25, -0.2) is 17.5 Å². The Balaban J connectivity index is 1.82. The lowest BCUT2D eigenvalue weighted by Crippen LogP contribution is -2.29. The van der Waals surface area contributed by atoms with Crippen molar-refractivity contribution in [1.29, 1.82) is 0 Å². The lowest BCUT2D eigenvalue weighted by atomic mass is 10.1. The van der Waals surface area contributed by atoms with Gasteiger partial charge in [-0.1, -0.05) is 29.8 Å². The maximum absolute atomic E-state index is 12.8. The summed E-state index contributed by atoms with van der Waals surface area (Å²) in [6.45, 7) is 3.86. The van der Waals surface area contributed by atoms with Crippen molar-refractivity contribution in [1.82, 2.24) is 4.72 Å². The van der Waals surface area contributed by atoms with Crippen LogP contribution in [0.25, 0.3) is 0 Å². The van der Waals surface area contributed by atoms with Crippen molar-refractivity contribution >= 4 is 21.6 Å². The SMILES string of the molecule is Cc1ccc(NC(=O)CCNS(=O)(=O)Cc2ccc(F)cc2)c(C)c1. The number of carbonyl (C=O) groups excluding carboxylic acids is 1. The van der Waals surface area contributed by atoms with Crippen molar-refractivity contribution < 1.29 is 17.6 Å². The minimum atomic E-state index is -3.58. The number of benzene rings is 2. The highest BCUT2D eigenvalue weighted by atomic mass is 32.2. The van der Waals surface area contributed by atoms with Gasteiger partial charge in [-0.3, -0.25) is 4.79 Å². The van der Waals surface area contributed by atoms with E-state index in [9.17, 15) is 17.6 Å². The first-order valence-corrected chi connectivity index (χ1v) is 9.49. The van der Waals surface area contributed by atoms with E-state index < -0.39 is 15.8 Å². The normalized spacial score (nSPS) is 11.3. The lowest BCUT2D eigenvalue weighted by Gasteiger charge is -2.10. The number of halogens is 1. The first kappa shape index (κ1) is 19.1. The highest BCUT2D eigenvalue weighted by Crippen LogP contribution is 2.16. The van der Waals surface area contributed by atoms with Crippen molar-refractivity contribution in [3.05, 3.63) is 65.0 Å². The van der Waals surface area contributed by atoms with Gasteiger partial charge in [-0.15, -0.1) is 0 Å². The number of aryl methyl sites for hydroxylation is 2. The molecule has 0 saturated heterocycles. The predicted molar refractivity (Wildman–Crippen MR) is 96.2 cm³/mol. The molecule has 134 valence electrons. The van der Waals surface area contributed by atoms with Crippen molar-refractivity contribution in [2.24, 2.45) is 0 Å². The van der Waals surface area contributed by atoms with E-state index in [0.717, 1.165) is 11.1 Å². The summed E-state index contributed by atoms with van der Waals surface area (Å²) >= 11 is 0. The average Bonchev–Trinajstić information content (AvgIpc) is 2.52. The van der Waals surface area contributed by atoms with Crippen LogP contribution in [0.4, 0.5) is 10.1 Å². The second-order valence-corrected chi connectivity index (χ2v) is 7.70. The van der Waals surface area contributed by atoms with Crippen LogP contribution in [-0.4, -0.2) is 20.9 Å².